The molecular weight excluding hydrogens is 268 g/mol. The molecule has 0 aliphatic carbocycles. The molecular formula is C12H16N2O4S. The molecule has 1 amide bonds. The van der Waals surface area contributed by atoms with E-state index in [9.17, 15) is 9.59 Å². The van der Waals surface area contributed by atoms with Gasteiger partial charge in [-0.3, -0.25) is 9.69 Å². The summed E-state index contributed by atoms with van der Waals surface area (Å²) in [6, 6.07) is 1.68. The van der Waals surface area contributed by atoms with E-state index < -0.39 is 5.97 Å². The van der Waals surface area contributed by atoms with Gasteiger partial charge in [0.2, 0.25) is 5.91 Å². The summed E-state index contributed by atoms with van der Waals surface area (Å²) in [5.41, 5.74) is 0.487. The number of thiophene rings is 1. The third-order valence-corrected chi connectivity index (χ3v) is 3.86. The SMILES string of the molecule is COC(=O)c1sccc1NC(=O)CN1CC(CO)C1. The molecule has 0 unspecified atom stereocenters. The standard InChI is InChI=1S/C12H16N2O4S/c1-18-12(17)11-9(2-3-19-11)13-10(16)6-14-4-8(5-14)7-15/h2-3,8,15H,4-7H2,1H3,(H,13,16). The second-order valence-corrected chi connectivity index (χ2v) is 5.36. The fourth-order valence-electron chi connectivity index (χ4n) is 1.97. The van der Waals surface area contributed by atoms with E-state index in [0.29, 0.717) is 10.6 Å². The molecule has 1 aromatic rings. The van der Waals surface area contributed by atoms with Crippen LogP contribution in [0.5, 0.6) is 0 Å². The largest absolute Gasteiger partial charge is 0.465 e. The lowest BCUT2D eigenvalue weighted by Crippen LogP contribution is -2.51. The second-order valence-electron chi connectivity index (χ2n) is 4.45. The highest BCUT2D eigenvalue weighted by Crippen LogP contribution is 2.23. The van der Waals surface area contributed by atoms with Gasteiger partial charge in [-0.2, -0.15) is 0 Å². The summed E-state index contributed by atoms with van der Waals surface area (Å²) in [7, 11) is 1.31. The fourth-order valence-corrected chi connectivity index (χ4v) is 2.74. The van der Waals surface area contributed by atoms with Gasteiger partial charge in [0.1, 0.15) is 4.88 Å². The maximum Gasteiger partial charge on any atom is 0.350 e. The molecule has 2 N–H and O–H groups in total. The first kappa shape index (κ1) is 14.0. The summed E-state index contributed by atoms with van der Waals surface area (Å²) in [6.07, 6.45) is 0. The van der Waals surface area contributed by atoms with E-state index in [1.54, 1.807) is 11.4 Å². The van der Waals surface area contributed by atoms with Crippen LogP contribution < -0.4 is 5.32 Å². The zero-order valence-corrected chi connectivity index (χ0v) is 11.4. The molecule has 1 saturated heterocycles. The molecule has 2 heterocycles. The Bertz CT molecular complexity index is 468. The van der Waals surface area contributed by atoms with Crippen LogP contribution in [0.1, 0.15) is 9.67 Å². The normalized spacial score (nSPS) is 15.9. The molecule has 1 aliphatic rings. The smallest absolute Gasteiger partial charge is 0.350 e. The third kappa shape index (κ3) is 3.31. The molecule has 1 fully saturated rings. The minimum atomic E-state index is -0.449. The van der Waals surface area contributed by atoms with Crippen molar-refractivity contribution in [2.45, 2.75) is 0 Å². The number of hydrogen-bond acceptors (Lipinski definition) is 6. The first-order valence-electron chi connectivity index (χ1n) is 5.93. The summed E-state index contributed by atoms with van der Waals surface area (Å²) in [4.78, 5) is 25.6. The topological polar surface area (TPSA) is 78.9 Å². The molecule has 7 heteroatoms. The van der Waals surface area contributed by atoms with E-state index in [2.05, 4.69) is 10.1 Å². The quantitative estimate of drug-likeness (QED) is 0.765. The zero-order chi connectivity index (χ0) is 13.8. The van der Waals surface area contributed by atoms with Crippen molar-refractivity contribution in [1.82, 2.24) is 4.90 Å². The number of ether oxygens (including phenoxy) is 1. The van der Waals surface area contributed by atoms with Crippen molar-refractivity contribution < 1.29 is 19.4 Å². The molecule has 0 saturated carbocycles. The van der Waals surface area contributed by atoms with Crippen LogP contribution in [-0.2, 0) is 9.53 Å². The first-order valence-corrected chi connectivity index (χ1v) is 6.81. The highest BCUT2D eigenvalue weighted by Gasteiger charge is 2.27. The van der Waals surface area contributed by atoms with Crippen LogP contribution in [-0.4, -0.2) is 55.2 Å². The Balaban J connectivity index is 1.86. The number of carbonyl (C=O) groups is 2. The number of nitrogens with one attached hydrogen (secondary N) is 1. The Labute approximate surface area is 115 Å². The van der Waals surface area contributed by atoms with Crippen LogP contribution in [0.25, 0.3) is 0 Å². The average molecular weight is 284 g/mol. The highest BCUT2D eigenvalue weighted by atomic mass is 32.1. The molecule has 1 aromatic heterocycles. The summed E-state index contributed by atoms with van der Waals surface area (Å²) >= 11 is 1.23. The van der Waals surface area contributed by atoms with Gasteiger partial charge in [-0.1, -0.05) is 0 Å². The Morgan fingerprint density at radius 2 is 2.32 bits per heavy atom. The number of rotatable bonds is 5. The second kappa shape index (κ2) is 6.14. The maximum atomic E-state index is 11.8. The molecule has 6 nitrogen and oxygen atoms in total. The summed E-state index contributed by atoms with van der Waals surface area (Å²) < 4.78 is 4.64. The number of methoxy groups -OCH3 is 1. The molecule has 0 aromatic carbocycles. The minimum absolute atomic E-state index is 0.162. The lowest BCUT2D eigenvalue weighted by Gasteiger charge is -2.37. The molecule has 2 rings (SSSR count). The first-order chi connectivity index (χ1) is 9.13. The van der Waals surface area contributed by atoms with Gasteiger partial charge in [-0.05, 0) is 11.4 Å². The van der Waals surface area contributed by atoms with E-state index in [4.69, 9.17) is 5.11 Å². The Morgan fingerprint density at radius 3 is 2.95 bits per heavy atom. The van der Waals surface area contributed by atoms with Crippen LogP contribution in [0.15, 0.2) is 11.4 Å². The summed E-state index contributed by atoms with van der Waals surface area (Å²) in [6.45, 7) is 1.90. The number of carbonyl (C=O) groups excluding carboxylic acids is 2. The van der Waals surface area contributed by atoms with Crippen molar-refractivity contribution in [2.75, 3.05) is 38.7 Å². The third-order valence-electron chi connectivity index (χ3n) is 2.97. The van der Waals surface area contributed by atoms with Crippen molar-refractivity contribution in [3.05, 3.63) is 16.3 Å². The van der Waals surface area contributed by atoms with Crippen molar-refractivity contribution >= 4 is 28.9 Å². The van der Waals surface area contributed by atoms with Gasteiger partial charge in [-0.15, -0.1) is 11.3 Å². The summed E-state index contributed by atoms with van der Waals surface area (Å²) in [5.74, 6) is -0.339. The Hall–Kier alpha value is -1.44. The van der Waals surface area contributed by atoms with Crippen LogP contribution >= 0.6 is 11.3 Å². The van der Waals surface area contributed by atoms with Crippen LogP contribution in [0.4, 0.5) is 5.69 Å². The number of esters is 1. The van der Waals surface area contributed by atoms with Crippen molar-refractivity contribution in [3.8, 4) is 0 Å². The maximum absolute atomic E-state index is 11.8. The minimum Gasteiger partial charge on any atom is -0.465 e. The molecule has 1 aliphatic heterocycles. The molecule has 104 valence electrons. The van der Waals surface area contributed by atoms with Crippen molar-refractivity contribution in [3.63, 3.8) is 0 Å². The van der Waals surface area contributed by atoms with Gasteiger partial charge in [0.25, 0.3) is 0 Å². The number of nitrogens with zero attached hydrogens (tertiary/aromatic N) is 1. The van der Waals surface area contributed by atoms with Crippen LogP contribution in [0.3, 0.4) is 0 Å². The Kier molecular flexibility index (Phi) is 4.52. The molecule has 0 atom stereocenters. The fraction of sp³-hybridized carbons (Fsp3) is 0.500. The van der Waals surface area contributed by atoms with Gasteiger partial charge < -0.3 is 15.2 Å². The molecule has 0 radical (unpaired) electrons. The number of likely N-dealkylation sites (tertiary alicyclic amines) is 1. The lowest BCUT2D eigenvalue weighted by atomic mass is 10.0. The lowest BCUT2D eigenvalue weighted by molar-refractivity contribution is -0.119. The van der Waals surface area contributed by atoms with Gasteiger partial charge in [0.15, 0.2) is 0 Å². The molecule has 0 spiro atoms. The number of aliphatic hydroxyl groups is 1. The van der Waals surface area contributed by atoms with E-state index >= 15 is 0 Å². The highest BCUT2D eigenvalue weighted by molar-refractivity contribution is 7.12. The summed E-state index contributed by atoms with van der Waals surface area (Å²) in [5, 5.41) is 13.3. The monoisotopic (exact) mass is 284 g/mol. The Morgan fingerprint density at radius 1 is 1.58 bits per heavy atom. The number of hydrogen-bond donors (Lipinski definition) is 2. The van der Waals surface area contributed by atoms with Crippen molar-refractivity contribution in [2.24, 2.45) is 5.92 Å². The molecule has 19 heavy (non-hydrogen) atoms. The van der Waals surface area contributed by atoms with Crippen molar-refractivity contribution in [1.29, 1.82) is 0 Å². The van der Waals surface area contributed by atoms with E-state index in [1.165, 1.54) is 18.4 Å². The van der Waals surface area contributed by atoms with Crippen LogP contribution in [0.2, 0.25) is 0 Å². The van der Waals surface area contributed by atoms with Gasteiger partial charge >= 0.3 is 5.97 Å². The van der Waals surface area contributed by atoms with E-state index in [0.717, 1.165) is 13.1 Å². The predicted molar refractivity (Wildman–Crippen MR) is 71.3 cm³/mol. The zero-order valence-electron chi connectivity index (χ0n) is 10.6. The van der Waals surface area contributed by atoms with Gasteiger partial charge in [0.05, 0.1) is 19.3 Å². The van der Waals surface area contributed by atoms with E-state index in [-0.39, 0.29) is 25.0 Å². The number of anilines is 1. The number of aliphatic hydroxyl groups excluding tert-OH is 1. The van der Waals surface area contributed by atoms with Gasteiger partial charge in [-0.25, -0.2) is 4.79 Å². The van der Waals surface area contributed by atoms with Crippen LogP contribution in [0, 0.1) is 5.92 Å². The number of amides is 1. The van der Waals surface area contributed by atoms with Gasteiger partial charge in [0, 0.05) is 25.6 Å². The average Bonchev–Trinajstić information content (AvgIpc) is 2.80. The molecule has 0 bridgehead atoms. The van der Waals surface area contributed by atoms with E-state index in [1.807, 2.05) is 4.90 Å². The predicted octanol–water partition coefficient (Wildman–Crippen LogP) is 0.397.